The first-order chi connectivity index (χ1) is 13.2. The Bertz CT molecular complexity index is 614. The van der Waals surface area contributed by atoms with E-state index in [9.17, 15) is 4.79 Å². The van der Waals surface area contributed by atoms with Gasteiger partial charge in [0, 0.05) is 45.5 Å². The van der Waals surface area contributed by atoms with Crippen molar-refractivity contribution < 1.29 is 19.0 Å². The van der Waals surface area contributed by atoms with E-state index < -0.39 is 0 Å². The Morgan fingerprint density at radius 3 is 2.81 bits per heavy atom. The molecule has 2 aliphatic heterocycles. The third kappa shape index (κ3) is 6.07. The second kappa shape index (κ2) is 10.3. The maximum absolute atomic E-state index is 12.1. The molecule has 2 aliphatic rings. The van der Waals surface area contributed by atoms with Crippen LogP contribution in [0.25, 0.3) is 0 Å². The van der Waals surface area contributed by atoms with Gasteiger partial charge in [0.15, 0.2) is 0 Å². The number of piperidine rings is 1. The molecule has 0 saturated carbocycles. The lowest BCUT2D eigenvalue weighted by Gasteiger charge is -2.33. The molecule has 1 amide bonds. The number of amides is 1. The highest BCUT2D eigenvalue weighted by Crippen LogP contribution is 2.28. The summed E-state index contributed by atoms with van der Waals surface area (Å²) in [5, 5.41) is 3.25. The smallest absolute Gasteiger partial charge is 0.251 e. The minimum atomic E-state index is -0.164. The molecule has 27 heavy (non-hydrogen) atoms. The second-order valence-corrected chi connectivity index (χ2v) is 7.55. The zero-order valence-electron chi connectivity index (χ0n) is 15.9. The van der Waals surface area contributed by atoms with Gasteiger partial charge < -0.3 is 24.4 Å². The minimum absolute atomic E-state index is 0.157. The van der Waals surface area contributed by atoms with Crippen molar-refractivity contribution in [2.75, 3.05) is 46.5 Å². The lowest BCUT2D eigenvalue weighted by atomic mass is 10.1. The maximum atomic E-state index is 12.1. The van der Waals surface area contributed by atoms with Gasteiger partial charge in [-0.15, -0.1) is 0 Å². The van der Waals surface area contributed by atoms with Crippen molar-refractivity contribution in [2.45, 2.75) is 37.9 Å². The van der Waals surface area contributed by atoms with E-state index in [4.69, 9.17) is 25.8 Å². The van der Waals surface area contributed by atoms with E-state index >= 15 is 0 Å². The van der Waals surface area contributed by atoms with Crippen molar-refractivity contribution in [1.82, 2.24) is 10.2 Å². The van der Waals surface area contributed by atoms with Crippen LogP contribution in [0.3, 0.4) is 0 Å². The molecule has 7 heteroatoms. The number of carbonyl (C=O) groups excluding carboxylic acids is 1. The first-order valence-corrected chi connectivity index (χ1v) is 10.1. The van der Waals surface area contributed by atoms with E-state index in [1.165, 1.54) is 12.8 Å². The Hall–Kier alpha value is -1.34. The molecule has 2 fully saturated rings. The molecular weight excluding hydrogens is 368 g/mol. The average Bonchev–Trinajstić information content (AvgIpc) is 3.18. The van der Waals surface area contributed by atoms with Gasteiger partial charge in [0.1, 0.15) is 11.9 Å². The van der Waals surface area contributed by atoms with E-state index in [0.29, 0.717) is 35.6 Å². The van der Waals surface area contributed by atoms with E-state index in [2.05, 4.69) is 10.2 Å². The highest BCUT2D eigenvalue weighted by Gasteiger charge is 2.25. The van der Waals surface area contributed by atoms with Crippen molar-refractivity contribution in [3.8, 4) is 5.75 Å². The number of nitrogens with zero attached hydrogens (tertiary/aromatic N) is 1. The van der Waals surface area contributed by atoms with Gasteiger partial charge in [0.2, 0.25) is 0 Å². The second-order valence-electron chi connectivity index (χ2n) is 7.15. The van der Waals surface area contributed by atoms with Crippen molar-refractivity contribution in [3.63, 3.8) is 0 Å². The Kier molecular flexibility index (Phi) is 7.76. The first kappa shape index (κ1) is 20.4. The lowest BCUT2D eigenvalue weighted by molar-refractivity contribution is 0.0441. The predicted molar refractivity (Wildman–Crippen MR) is 105 cm³/mol. The summed E-state index contributed by atoms with van der Waals surface area (Å²) in [6.45, 7) is 4.91. The largest absolute Gasteiger partial charge is 0.489 e. The number of methoxy groups -OCH3 is 1. The molecule has 0 bridgehead atoms. The summed E-state index contributed by atoms with van der Waals surface area (Å²) >= 11 is 6.34. The number of carbonyl (C=O) groups is 1. The van der Waals surface area contributed by atoms with Crippen LogP contribution in [-0.2, 0) is 9.47 Å². The van der Waals surface area contributed by atoms with Gasteiger partial charge in [0.25, 0.3) is 5.91 Å². The number of rotatable bonds is 8. The monoisotopic (exact) mass is 396 g/mol. The normalized spacial score (nSPS) is 21.3. The standard InChI is InChI=1S/C20H29ClN2O4/c1-25-12-8-22-20(24)15-4-5-19(18(21)13-15)27-16-6-9-23(10-7-16)14-17-3-2-11-26-17/h4-5,13,16-17H,2-3,6-12,14H2,1H3,(H,22,24)/t17-/m1/s1. The summed E-state index contributed by atoms with van der Waals surface area (Å²) in [6, 6.07) is 5.19. The molecule has 0 spiro atoms. The predicted octanol–water partition coefficient (Wildman–Crippen LogP) is 2.74. The number of likely N-dealkylation sites (tertiary alicyclic amines) is 1. The van der Waals surface area contributed by atoms with Crippen LogP contribution in [0.4, 0.5) is 0 Å². The van der Waals surface area contributed by atoms with Crippen molar-refractivity contribution >= 4 is 17.5 Å². The van der Waals surface area contributed by atoms with Gasteiger partial charge in [-0.2, -0.15) is 0 Å². The third-order valence-electron chi connectivity index (χ3n) is 5.10. The molecule has 2 saturated heterocycles. The lowest BCUT2D eigenvalue weighted by Crippen LogP contribution is -2.41. The molecule has 3 rings (SSSR count). The van der Waals surface area contributed by atoms with Crippen molar-refractivity contribution in [3.05, 3.63) is 28.8 Å². The van der Waals surface area contributed by atoms with E-state index in [1.54, 1.807) is 25.3 Å². The molecule has 150 valence electrons. The molecule has 1 aromatic carbocycles. The molecule has 1 N–H and O–H groups in total. The molecule has 1 aromatic rings. The summed E-state index contributed by atoms with van der Waals surface area (Å²) in [5.74, 6) is 0.477. The average molecular weight is 397 g/mol. The highest BCUT2D eigenvalue weighted by molar-refractivity contribution is 6.32. The Morgan fingerprint density at radius 2 is 2.15 bits per heavy atom. The highest BCUT2D eigenvalue weighted by atomic mass is 35.5. The van der Waals surface area contributed by atoms with Crippen molar-refractivity contribution in [2.24, 2.45) is 0 Å². The molecule has 6 nitrogen and oxygen atoms in total. The molecule has 2 heterocycles. The van der Waals surface area contributed by atoms with Crippen LogP contribution in [0.5, 0.6) is 5.75 Å². The van der Waals surface area contributed by atoms with E-state index in [0.717, 1.165) is 39.1 Å². The van der Waals surface area contributed by atoms with E-state index in [-0.39, 0.29) is 12.0 Å². The fourth-order valence-corrected chi connectivity index (χ4v) is 3.80. The topological polar surface area (TPSA) is 60.0 Å². The van der Waals surface area contributed by atoms with Crippen LogP contribution >= 0.6 is 11.6 Å². The van der Waals surface area contributed by atoms with Gasteiger partial charge in [-0.3, -0.25) is 4.79 Å². The minimum Gasteiger partial charge on any atom is -0.489 e. The van der Waals surface area contributed by atoms with Gasteiger partial charge in [-0.25, -0.2) is 0 Å². The summed E-state index contributed by atoms with van der Waals surface area (Å²) < 4.78 is 16.8. The van der Waals surface area contributed by atoms with Crippen LogP contribution in [0, 0.1) is 0 Å². The number of hydrogen-bond donors (Lipinski definition) is 1. The summed E-state index contributed by atoms with van der Waals surface area (Å²) in [6.07, 6.45) is 4.87. The van der Waals surface area contributed by atoms with Crippen molar-refractivity contribution in [1.29, 1.82) is 0 Å². The fraction of sp³-hybridized carbons (Fsp3) is 0.650. The first-order valence-electron chi connectivity index (χ1n) is 9.73. The van der Waals surface area contributed by atoms with Gasteiger partial charge in [-0.05, 0) is 43.9 Å². The van der Waals surface area contributed by atoms with Crippen LogP contribution < -0.4 is 10.1 Å². The van der Waals surface area contributed by atoms with E-state index in [1.807, 2.05) is 0 Å². The number of benzene rings is 1. The Labute approximate surface area is 166 Å². The summed E-state index contributed by atoms with van der Waals surface area (Å²) in [7, 11) is 1.60. The van der Waals surface area contributed by atoms with Crippen LogP contribution in [0.15, 0.2) is 18.2 Å². The number of halogens is 1. The number of nitrogens with one attached hydrogen (secondary N) is 1. The fourth-order valence-electron chi connectivity index (χ4n) is 3.57. The molecular formula is C20H29ClN2O4. The molecule has 0 radical (unpaired) electrons. The van der Waals surface area contributed by atoms with Gasteiger partial charge >= 0.3 is 0 Å². The van der Waals surface area contributed by atoms with Gasteiger partial charge in [-0.1, -0.05) is 11.6 Å². The molecule has 0 unspecified atom stereocenters. The summed E-state index contributed by atoms with van der Waals surface area (Å²) in [5.41, 5.74) is 0.523. The van der Waals surface area contributed by atoms with Crippen LogP contribution in [-0.4, -0.2) is 69.5 Å². The zero-order chi connectivity index (χ0) is 19.1. The number of hydrogen-bond acceptors (Lipinski definition) is 5. The quantitative estimate of drug-likeness (QED) is 0.684. The van der Waals surface area contributed by atoms with Crippen LogP contribution in [0.2, 0.25) is 5.02 Å². The Balaban J connectivity index is 1.46. The summed E-state index contributed by atoms with van der Waals surface area (Å²) in [4.78, 5) is 14.5. The molecule has 0 aromatic heterocycles. The zero-order valence-corrected chi connectivity index (χ0v) is 16.7. The number of ether oxygens (including phenoxy) is 3. The molecule has 0 aliphatic carbocycles. The Morgan fingerprint density at radius 1 is 1.33 bits per heavy atom. The van der Waals surface area contributed by atoms with Crippen LogP contribution in [0.1, 0.15) is 36.0 Å². The van der Waals surface area contributed by atoms with Gasteiger partial charge in [0.05, 0.1) is 17.7 Å². The third-order valence-corrected chi connectivity index (χ3v) is 5.40. The maximum Gasteiger partial charge on any atom is 0.251 e. The SMILES string of the molecule is COCCNC(=O)c1ccc(OC2CCN(C[C@H]3CCCO3)CC2)c(Cl)c1. The molecule has 1 atom stereocenters.